The predicted molar refractivity (Wildman–Crippen MR) is 174 cm³/mol. The first kappa shape index (κ1) is 27.4. The third-order valence-corrected chi connectivity index (χ3v) is 12.6. The van der Waals surface area contributed by atoms with E-state index in [4.69, 9.17) is 11.2 Å². The Labute approximate surface area is 265 Å². The lowest BCUT2D eigenvalue weighted by Crippen LogP contribution is -2.50. The quantitative estimate of drug-likeness (QED) is 0.208. The number of ether oxygens (including phenoxy) is 1. The number of halogens is 1. The van der Waals surface area contributed by atoms with Crippen molar-refractivity contribution in [2.24, 2.45) is 17.3 Å². The van der Waals surface area contributed by atoms with Gasteiger partial charge in [-0.15, -0.1) is 23.2 Å². The fraction of sp³-hybridized carbons (Fsp3) is 0.378. The number of aliphatic hydroxyl groups is 1. The number of hydrogen-bond acceptors (Lipinski definition) is 6. The number of thioether (sulfide) groups is 1. The second kappa shape index (κ2) is 9.78. The molecule has 4 aliphatic rings. The molecule has 0 spiro atoms. The largest absolute Gasteiger partial charge is 0.424 e. The van der Waals surface area contributed by atoms with Gasteiger partial charge in [0.15, 0.2) is 5.82 Å². The van der Waals surface area contributed by atoms with Crippen LogP contribution in [0.2, 0.25) is 0 Å². The van der Waals surface area contributed by atoms with Crippen LogP contribution >= 0.6 is 11.8 Å². The van der Waals surface area contributed by atoms with E-state index in [2.05, 4.69) is 68.8 Å². The number of benzene rings is 3. The van der Waals surface area contributed by atoms with Crippen LogP contribution < -0.4 is 4.74 Å². The SMILES string of the molecule is C#C[C@]1(O)CCC2C3CCc4cc(Oc5nc(F)nc(-c6c7cc8ccccc8cc7c7n6CCS7)n5)ccc4C3CCC21C. The number of terminal acetylenes is 1. The molecule has 0 saturated heterocycles. The van der Waals surface area contributed by atoms with Crippen molar-refractivity contribution in [1.29, 1.82) is 0 Å². The summed E-state index contributed by atoms with van der Waals surface area (Å²) in [6, 6.07) is 18.8. The van der Waals surface area contributed by atoms with Gasteiger partial charge in [0.1, 0.15) is 11.4 Å². The standard InChI is InChI=1S/C37H33FN4O2S/c1-3-37(43)15-13-30-27-10-8-23-18-24(9-11-25(23)26(27)12-14-36(30,37)2)44-35-40-32(39-34(38)41-35)31-28-19-21-6-4-5-7-22(21)20-29(28)33-42(31)16-17-45-33/h1,4-7,9,11,18-20,26-27,30,43H,8,10,12-17H2,2H3/t26?,27?,30?,36?,37-/m0/s1. The van der Waals surface area contributed by atoms with Crippen LogP contribution in [0.5, 0.6) is 11.8 Å². The van der Waals surface area contributed by atoms with Crippen LogP contribution in [0.3, 0.4) is 0 Å². The second-order valence-corrected chi connectivity index (χ2v) is 14.6. The third kappa shape index (κ3) is 3.96. The lowest BCUT2D eigenvalue weighted by atomic mass is 9.53. The molecule has 45 heavy (non-hydrogen) atoms. The van der Waals surface area contributed by atoms with E-state index in [0.29, 0.717) is 29.9 Å². The van der Waals surface area contributed by atoms with Gasteiger partial charge in [0.2, 0.25) is 0 Å². The third-order valence-electron chi connectivity index (χ3n) is 11.5. The van der Waals surface area contributed by atoms with Gasteiger partial charge in [0, 0.05) is 28.5 Å². The van der Waals surface area contributed by atoms with Gasteiger partial charge in [0.05, 0.1) is 10.7 Å². The zero-order chi connectivity index (χ0) is 30.5. The van der Waals surface area contributed by atoms with E-state index < -0.39 is 11.7 Å². The van der Waals surface area contributed by atoms with Crippen molar-refractivity contribution in [2.45, 2.75) is 68.5 Å². The molecule has 5 aromatic rings. The van der Waals surface area contributed by atoms with E-state index in [9.17, 15) is 5.11 Å². The summed E-state index contributed by atoms with van der Waals surface area (Å²) in [5.74, 6) is 5.97. The van der Waals surface area contributed by atoms with Crippen molar-refractivity contribution in [1.82, 2.24) is 19.5 Å². The van der Waals surface area contributed by atoms with Crippen molar-refractivity contribution in [2.75, 3.05) is 5.75 Å². The number of aromatic nitrogens is 4. The number of rotatable bonds is 3. The molecule has 8 heteroatoms. The second-order valence-electron chi connectivity index (χ2n) is 13.5. The highest BCUT2D eigenvalue weighted by atomic mass is 32.2. The van der Waals surface area contributed by atoms with E-state index >= 15 is 4.39 Å². The summed E-state index contributed by atoms with van der Waals surface area (Å²) in [6.45, 7) is 3.01. The van der Waals surface area contributed by atoms with Crippen LogP contribution in [0.15, 0.2) is 59.6 Å². The van der Waals surface area contributed by atoms with E-state index in [0.717, 1.165) is 71.3 Å². The maximum absolute atomic E-state index is 15.0. The summed E-state index contributed by atoms with van der Waals surface area (Å²) in [7, 11) is 0. The molecule has 1 aliphatic heterocycles. The van der Waals surface area contributed by atoms with E-state index in [1.165, 1.54) is 16.5 Å². The minimum atomic E-state index is -1.00. The molecule has 9 rings (SSSR count). The van der Waals surface area contributed by atoms with Crippen LogP contribution in [0, 0.1) is 35.7 Å². The monoisotopic (exact) mass is 616 g/mol. The first-order valence-corrected chi connectivity index (χ1v) is 16.9. The smallest absolute Gasteiger partial charge is 0.328 e. The van der Waals surface area contributed by atoms with Crippen LogP contribution in [-0.2, 0) is 13.0 Å². The number of nitrogens with zero attached hydrogens (tertiary/aromatic N) is 4. The van der Waals surface area contributed by atoms with E-state index in [1.807, 2.05) is 18.2 Å². The molecule has 3 heterocycles. The maximum atomic E-state index is 15.0. The molecule has 2 aromatic heterocycles. The minimum Gasteiger partial charge on any atom is -0.424 e. The van der Waals surface area contributed by atoms with Crippen LogP contribution in [0.1, 0.15) is 56.1 Å². The molecule has 0 amide bonds. The van der Waals surface area contributed by atoms with Crippen molar-refractivity contribution >= 4 is 33.3 Å². The van der Waals surface area contributed by atoms with Gasteiger partial charge in [-0.2, -0.15) is 14.4 Å². The van der Waals surface area contributed by atoms with Gasteiger partial charge in [-0.05, 0) is 102 Å². The van der Waals surface area contributed by atoms with E-state index in [1.54, 1.807) is 11.8 Å². The Morgan fingerprint density at radius 1 is 1.02 bits per heavy atom. The summed E-state index contributed by atoms with van der Waals surface area (Å²) in [5, 5.41) is 16.8. The Hall–Kier alpha value is -3.93. The summed E-state index contributed by atoms with van der Waals surface area (Å²) in [5.41, 5.74) is 2.20. The fourth-order valence-corrected chi connectivity index (χ4v) is 10.4. The highest BCUT2D eigenvalue weighted by molar-refractivity contribution is 7.99. The highest BCUT2D eigenvalue weighted by Gasteiger charge is 2.61. The highest BCUT2D eigenvalue weighted by Crippen LogP contribution is 2.64. The fourth-order valence-electron chi connectivity index (χ4n) is 9.31. The Balaban J connectivity index is 1.04. The Morgan fingerprint density at radius 3 is 2.67 bits per heavy atom. The molecule has 4 unspecified atom stereocenters. The molecule has 226 valence electrons. The van der Waals surface area contributed by atoms with Crippen LogP contribution in [-0.4, -0.2) is 36.0 Å². The van der Waals surface area contributed by atoms with Gasteiger partial charge < -0.3 is 14.4 Å². The van der Waals surface area contributed by atoms with Gasteiger partial charge in [-0.3, -0.25) is 0 Å². The molecule has 5 atom stereocenters. The zero-order valence-corrected chi connectivity index (χ0v) is 25.9. The molecule has 2 fully saturated rings. The van der Waals surface area contributed by atoms with E-state index in [-0.39, 0.29) is 17.2 Å². The Morgan fingerprint density at radius 2 is 1.84 bits per heavy atom. The first-order chi connectivity index (χ1) is 21.8. The lowest BCUT2D eigenvalue weighted by Gasteiger charge is -2.52. The molecule has 2 saturated carbocycles. The molecule has 0 radical (unpaired) electrons. The van der Waals surface area contributed by atoms with Crippen molar-refractivity contribution in [3.63, 3.8) is 0 Å². The van der Waals surface area contributed by atoms with Gasteiger partial charge in [-0.25, -0.2) is 0 Å². The Kier molecular flexibility index (Phi) is 5.95. The summed E-state index contributed by atoms with van der Waals surface area (Å²) in [6.07, 6.45) is 10.6. The summed E-state index contributed by atoms with van der Waals surface area (Å²) in [4.78, 5) is 12.8. The average Bonchev–Trinajstić information content (AvgIpc) is 3.71. The summed E-state index contributed by atoms with van der Waals surface area (Å²) >= 11 is 1.80. The first-order valence-electron chi connectivity index (χ1n) is 16.0. The number of fused-ring (bicyclic) bond motifs is 9. The normalized spacial score (nSPS) is 28.4. The zero-order valence-electron chi connectivity index (χ0n) is 25.1. The summed E-state index contributed by atoms with van der Waals surface area (Å²) < 4.78 is 23.4. The minimum absolute atomic E-state index is 0.0470. The van der Waals surface area contributed by atoms with Gasteiger partial charge in [0.25, 0.3) is 0 Å². The Bertz CT molecular complexity index is 2090. The predicted octanol–water partition coefficient (Wildman–Crippen LogP) is 7.90. The van der Waals surface area contributed by atoms with Gasteiger partial charge >= 0.3 is 12.1 Å². The number of aryl methyl sites for hydroxylation is 1. The molecule has 3 aliphatic carbocycles. The molecule has 3 aromatic carbocycles. The van der Waals surface area contributed by atoms with Crippen molar-refractivity contribution < 1.29 is 14.2 Å². The average molecular weight is 617 g/mol. The van der Waals surface area contributed by atoms with Crippen molar-refractivity contribution in [3.05, 3.63) is 71.8 Å². The van der Waals surface area contributed by atoms with Crippen molar-refractivity contribution in [3.8, 4) is 35.6 Å². The number of hydrogen-bond donors (Lipinski definition) is 1. The maximum Gasteiger partial charge on any atom is 0.328 e. The molecular weight excluding hydrogens is 583 g/mol. The lowest BCUT2D eigenvalue weighted by molar-refractivity contribution is -0.0646. The molecular formula is C37H33FN4O2S. The van der Waals surface area contributed by atoms with Crippen LogP contribution in [0.25, 0.3) is 33.1 Å². The van der Waals surface area contributed by atoms with Gasteiger partial charge in [-0.1, -0.05) is 43.2 Å². The molecule has 0 bridgehead atoms. The molecule has 6 nitrogen and oxygen atoms in total. The van der Waals surface area contributed by atoms with Crippen LogP contribution in [0.4, 0.5) is 4.39 Å². The topological polar surface area (TPSA) is 73.1 Å². The molecule has 1 N–H and O–H groups in total.